The number of carboxylic acids is 2. The first-order valence-electron chi connectivity index (χ1n) is 35.9. The number of anilines is 1. The predicted molar refractivity (Wildman–Crippen MR) is 406 cm³/mol. The molecule has 0 bridgehead atoms. The van der Waals surface area contributed by atoms with Crippen LogP contribution in [-0.4, -0.2) is 227 Å². The summed E-state index contributed by atoms with van der Waals surface area (Å²) in [6.45, 7) is 9.14. The summed E-state index contributed by atoms with van der Waals surface area (Å²) in [5, 5.41) is 72.5. The number of aliphatic hydroxyl groups is 4. The van der Waals surface area contributed by atoms with Crippen LogP contribution in [-0.2, 0) is 57.5 Å². The van der Waals surface area contributed by atoms with Crippen LogP contribution in [0, 0.1) is 18.7 Å². The Morgan fingerprint density at radius 3 is 2.25 bits per heavy atom. The number of benzene rings is 5. The molecule has 6 amide bonds. The summed E-state index contributed by atoms with van der Waals surface area (Å²) in [6.07, 6.45) is -9.32. The van der Waals surface area contributed by atoms with Gasteiger partial charge in [0.2, 0.25) is 12.0 Å². The van der Waals surface area contributed by atoms with E-state index in [9.17, 15) is 68.6 Å². The SMILES string of the molecule is COc1ccccc1-c1nccc(COc2ccccc2C[C@@H](Oc2ncnc3sc(-c4ccc(F)cc4)c(-c4ccc(OCCN5CC[N+](C)([I-]Cc6ccc(NC(=O)[C@H](CCCNC(N)=O)NC(=O)[C@@H](N)C(C)C)cc6CN(C)C(=O)C[C@H](NC(=O)[C@@H]6O[C@H](O)[C@@H](O)[C@H](O)[C@H]6O)C(=O)O)CC5)c(Cl)c4C)c23)C(=O)O)n1. The molecule has 5 heterocycles. The number of urea groups is 1. The van der Waals surface area contributed by atoms with Gasteiger partial charge in [0.15, 0.2) is 12.1 Å². The smallest absolute Gasteiger partial charge is 0.345 e. The molecule has 0 saturated carbocycles. The second-order valence-electron chi connectivity index (χ2n) is 27.5. The van der Waals surface area contributed by atoms with Crippen LogP contribution in [0.2, 0.25) is 5.02 Å². The van der Waals surface area contributed by atoms with E-state index in [-0.39, 0.29) is 57.4 Å². The van der Waals surface area contributed by atoms with E-state index < -0.39 is 130 Å². The van der Waals surface area contributed by atoms with E-state index in [0.717, 1.165) is 21.3 Å². The number of alkyl halides is 1. The molecule has 0 radical (unpaired) electrons. The van der Waals surface area contributed by atoms with Gasteiger partial charge in [-0.1, -0.05) is 56.3 Å². The van der Waals surface area contributed by atoms with Crippen molar-refractivity contribution in [2.75, 3.05) is 72.4 Å². The summed E-state index contributed by atoms with van der Waals surface area (Å²) >= 11 is 7.86. The topological polar surface area (TPSA) is 445 Å². The number of nitrogens with zero attached hydrogens (tertiary/aromatic N) is 7. The van der Waals surface area contributed by atoms with E-state index in [1.54, 1.807) is 87.8 Å². The van der Waals surface area contributed by atoms with Crippen LogP contribution in [0.3, 0.4) is 0 Å². The minimum atomic E-state index is -2.10. The van der Waals surface area contributed by atoms with Crippen LogP contribution in [0.25, 0.3) is 43.2 Å². The number of thiophene rings is 1. The molecule has 112 heavy (non-hydrogen) atoms. The number of carbonyl (C=O) groups excluding carboxylic acids is 5. The Kier molecular flexibility index (Phi) is 29.1. The van der Waals surface area contributed by atoms with Gasteiger partial charge in [-0.25, -0.2) is 33.9 Å². The van der Waals surface area contributed by atoms with Gasteiger partial charge < -0.3 is 45.5 Å². The van der Waals surface area contributed by atoms with Gasteiger partial charge in [0.05, 0.1) is 23.8 Å². The number of ether oxygens (including phenoxy) is 5. The molecule has 0 aliphatic carbocycles. The van der Waals surface area contributed by atoms with Gasteiger partial charge in [0.1, 0.15) is 47.3 Å². The third-order valence-corrected chi connectivity index (χ3v) is 24.6. The zero-order chi connectivity index (χ0) is 80.7. The van der Waals surface area contributed by atoms with Crippen molar-refractivity contribution in [3.63, 3.8) is 0 Å². The summed E-state index contributed by atoms with van der Waals surface area (Å²) in [5.41, 5.74) is 17.4. The Morgan fingerprint density at radius 1 is 0.821 bits per heavy atom. The molecule has 3 aromatic heterocycles. The molecular formula is C77H90ClFIN13O18S. The number of amides is 6. The monoisotopic (exact) mass is 1700 g/mol. The molecule has 10 rings (SSSR count). The van der Waals surface area contributed by atoms with Crippen LogP contribution in [0.5, 0.6) is 23.1 Å². The predicted octanol–water partition coefficient (Wildman–Crippen LogP) is 2.16. The van der Waals surface area contributed by atoms with E-state index in [2.05, 4.69) is 48.2 Å². The van der Waals surface area contributed by atoms with Gasteiger partial charge in [-0.05, 0) is 47.5 Å². The maximum absolute atomic E-state index is 14.6. The fourth-order valence-electron chi connectivity index (χ4n) is 12.5. The fourth-order valence-corrected chi connectivity index (χ4v) is 17.0. The maximum atomic E-state index is 14.6. The number of aliphatic hydroxyl groups excluding tert-OH is 4. The standard InChI is InChI=1S/C77H90ClFIN13O18S/c1-41(2)62(81)70(99)89-52(14-11-26-84-77(82)106)69(98)88-48-22-19-45(46(34-48)38-91(4)58(94)36-53(74(101)102)90-71(100)66-64(96)63(95)65(97)76(105)111-66)37-80-93(5)31-28-92(29-32-93)30-33-108-56-24-23-50(42(3)61(56)78)59-60-72(85-40-86-73(60)112-67(59)43-17-20-47(79)21-18-43)110-57(75(103)104)35-44-12-7-9-15-54(44)109-39-49-25-27-83-68(87-49)51-13-8-10-16-55(51)107-6/h7-10,12-13,15-25,27,34,40-41,52-53,57,62-66,76,95-97,105H,11,14,26,28-33,35-39,81H2,1-6H3,(H,88,98)(H,89,99)(H,90,100)(H,101,102)(H,103,104)(H3,82,84,106)/t52-,53-,57+,62-,63+,64+,65-,66+,76-/m0/s1. The number of carbonyl (C=O) groups is 7. The van der Waals surface area contributed by atoms with E-state index in [0.29, 0.717) is 118 Å². The number of halogens is 3. The number of rotatable bonds is 35. The fraction of sp³-hybridized carbons (Fsp3) is 0.390. The summed E-state index contributed by atoms with van der Waals surface area (Å²) in [5.74, 6) is -4.96. The normalized spacial score (nSPS) is 18.0. The minimum Gasteiger partial charge on any atom is -0.478 e. The molecule has 9 atom stereocenters. The number of aliphatic carboxylic acids is 2. The first-order chi connectivity index (χ1) is 53.5. The zero-order valence-corrected chi connectivity index (χ0v) is 65.9. The molecule has 0 unspecified atom stereocenters. The average Bonchev–Trinajstić information content (AvgIpc) is 1.59. The number of fused-ring (bicyclic) bond motifs is 1. The first kappa shape index (κ1) is 84.6. The van der Waals surface area contributed by atoms with Crippen LogP contribution < -0.4 is 73.2 Å². The molecule has 5 aromatic carbocycles. The van der Waals surface area contributed by atoms with Gasteiger partial charge in [0, 0.05) is 17.5 Å². The largest absolute Gasteiger partial charge is 0.478 e. The third-order valence-electron chi connectivity index (χ3n) is 19.2. The zero-order valence-electron chi connectivity index (χ0n) is 62.1. The van der Waals surface area contributed by atoms with Crippen LogP contribution in [0.4, 0.5) is 14.9 Å². The van der Waals surface area contributed by atoms with Crippen LogP contribution >= 0.6 is 22.9 Å². The second-order valence-corrected chi connectivity index (χ2v) is 32.7. The summed E-state index contributed by atoms with van der Waals surface area (Å²) in [6, 6.07) is 26.3. The number of nitrogens with two attached hydrogens (primary N) is 2. The van der Waals surface area contributed by atoms with Gasteiger partial charge >= 0.3 is 361 Å². The van der Waals surface area contributed by atoms with Crippen molar-refractivity contribution in [1.29, 1.82) is 0 Å². The van der Waals surface area contributed by atoms with Crippen LogP contribution in [0.15, 0.2) is 122 Å². The number of methoxy groups -OCH3 is 1. The van der Waals surface area contributed by atoms with Gasteiger partial charge in [-0.15, -0.1) is 11.3 Å². The molecule has 35 heteroatoms. The van der Waals surface area contributed by atoms with Crippen molar-refractivity contribution in [1.82, 2.24) is 45.7 Å². The minimum absolute atomic E-state index is 0.0100. The summed E-state index contributed by atoms with van der Waals surface area (Å²) in [4.78, 5) is 115. The molecule has 8 aromatic rings. The molecule has 31 nitrogen and oxygen atoms in total. The number of nitrogens with one attached hydrogen (secondary N) is 4. The number of hydrogen-bond acceptors (Lipinski definition) is 23. The molecule has 14 N–H and O–H groups in total. The Balaban J connectivity index is 0.814. The van der Waals surface area contributed by atoms with Crippen LogP contribution in [0.1, 0.15) is 61.1 Å². The Morgan fingerprint density at radius 2 is 1.54 bits per heavy atom. The molecule has 2 fully saturated rings. The number of hydrogen-bond donors (Lipinski definition) is 12. The van der Waals surface area contributed by atoms with Gasteiger partial charge in [-0.3, -0.25) is 0 Å². The number of quaternary nitrogens is 1. The first-order valence-corrected chi connectivity index (χ1v) is 39.5. The average molecular weight is 1700 g/mol. The molecule has 598 valence electrons. The quantitative estimate of drug-likeness (QED) is 0.0117. The number of likely N-dealkylation sites (N-methyl/N-ethyl adjacent to an activating group) is 1. The van der Waals surface area contributed by atoms with E-state index in [1.807, 2.05) is 43.3 Å². The van der Waals surface area contributed by atoms with Crippen molar-refractivity contribution in [3.05, 3.63) is 161 Å². The Labute approximate surface area is 664 Å². The van der Waals surface area contributed by atoms with E-state index in [1.165, 1.54) is 41.7 Å². The Bertz CT molecular complexity index is 4700. The van der Waals surface area contributed by atoms with Crippen molar-refractivity contribution < 1.29 is 116 Å². The van der Waals surface area contributed by atoms with Gasteiger partial charge in [0.25, 0.3) is 0 Å². The number of aromatic nitrogens is 4. The van der Waals surface area contributed by atoms with E-state index >= 15 is 0 Å². The number of piperazine rings is 1. The summed E-state index contributed by atoms with van der Waals surface area (Å²) in [7, 11) is 5.17. The number of para-hydroxylation sites is 2. The second kappa shape index (κ2) is 38.6. The molecule has 0 spiro atoms. The Hall–Kier alpha value is -9.86. The maximum Gasteiger partial charge on any atom is 0.345 e. The molecule has 2 aliphatic heterocycles. The molecular weight excluding hydrogens is 1610 g/mol. The molecule has 2 aliphatic rings. The van der Waals surface area contributed by atoms with E-state index in [4.69, 9.17) is 51.7 Å². The van der Waals surface area contributed by atoms with Crippen molar-refractivity contribution in [3.8, 4) is 56.1 Å². The van der Waals surface area contributed by atoms with Crippen molar-refractivity contribution >= 4 is 80.4 Å². The van der Waals surface area contributed by atoms with Crippen molar-refractivity contribution in [2.24, 2.45) is 17.4 Å². The third kappa shape index (κ3) is 21.5. The van der Waals surface area contributed by atoms with Crippen molar-refractivity contribution in [2.45, 2.75) is 119 Å². The molecule has 2 saturated heterocycles. The number of primary amides is 1. The summed E-state index contributed by atoms with van der Waals surface area (Å²) < 4.78 is 45.6. The number of carboxylic acid groups (broad SMARTS) is 2. The van der Waals surface area contributed by atoms with Gasteiger partial charge in [-0.2, -0.15) is 0 Å².